The smallest absolute Gasteiger partial charge is 0.184 e. The van der Waals surface area contributed by atoms with Gasteiger partial charge in [-0.2, -0.15) is 0 Å². The number of allylic oxidation sites excluding steroid dienone is 1. The summed E-state index contributed by atoms with van der Waals surface area (Å²) in [4.78, 5) is 14.1. The van der Waals surface area contributed by atoms with Crippen LogP contribution in [0.25, 0.3) is 5.57 Å². The van der Waals surface area contributed by atoms with Crippen molar-refractivity contribution in [1.29, 1.82) is 0 Å². The molecule has 1 N–H and O–H groups in total. The minimum absolute atomic E-state index is 0.132. The summed E-state index contributed by atoms with van der Waals surface area (Å²) in [5, 5.41) is 5.80. The summed E-state index contributed by atoms with van der Waals surface area (Å²) in [5.74, 6) is 0.542. The molecule has 0 spiro atoms. The van der Waals surface area contributed by atoms with Gasteiger partial charge in [-0.05, 0) is 29.0 Å². The molecule has 2 nitrogen and oxygen atoms in total. The minimum Gasteiger partial charge on any atom is -0.382 e. The fourth-order valence-corrected chi connectivity index (χ4v) is 5.25. The van der Waals surface area contributed by atoms with Crippen LogP contribution in [0.5, 0.6) is 0 Å². The summed E-state index contributed by atoms with van der Waals surface area (Å²) in [6.45, 7) is 0. The number of rotatable bonds is 6. The molecule has 24 heavy (non-hydrogen) atoms. The number of halogens is 2. The Morgan fingerprint density at radius 2 is 2.00 bits per heavy atom. The molecule has 3 rings (SSSR count). The quantitative estimate of drug-likeness (QED) is 0.688. The van der Waals surface area contributed by atoms with E-state index in [2.05, 4.69) is 5.32 Å². The number of nitrogens with one attached hydrogen (secondary N) is 1. The Balaban J connectivity index is 1.95. The maximum atomic E-state index is 13.1. The number of benzene rings is 1. The number of ketones is 1. The lowest BCUT2D eigenvalue weighted by Gasteiger charge is -2.10. The first-order valence-electron chi connectivity index (χ1n) is 7.60. The molecule has 1 aliphatic rings. The second-order valence-electron chi connectivity index (χ2n) is 5.46. The third-order valence-electron chi connectivity index (χ3n) is 3.86. The Bertz CT molecular complexity index is 757. The Kier molecular flexibility index (Phi) is 5.93. The summed E-state index contributed by atoms with van der Waals surface area (Å²) in [6, 6.07) is 11.9. The van der Waals surface area contributed by atoms with E-state index < -0.39 is 0 Å². The van der Waals surface area contributed by atoms with Crippen molar-refractivity contribution in [3.05, 3.63) is 62.8 Å². The number of thioether (sulfide) groups is 1. The molecule has 2 unspecified atom stereocenters. The maximum Gasteiger partial charge on any atom is 0.184 e. The molecule has 1 aliphatic heterocycles. The number of carbonyl (C=O) groups is 1. The molecular weight excluding hydrogens is 381 g/mol. The molecule has 2 aromatic rings. The van der Waals surface area contributed by atoms with Crippen molar-refractivity contribution in [2.45, 2.75) is 17.0 Å². The molecule has 2 atom stereocenters. The first-order chi connectivity index (χ1) is 11.7. The van der Waals surface area contributed by atoms with Crippen molar-refractivity contribution < 1.29 is 4.79 Å². The SMILES string of the molecule is CNC1=C(c2sccc2CC(Cl)CCl)C(=O)C(c2ccccc2)S1. The predicted octanol–water partition coefficient (Wildman–Crippen LogP) is 5.08. The number of hydrogen-bond donors (Lipinski definition) is 1. The van der Waals surface area contributed by atoms with Gasteiger partial charge in [0.05, 0.1) is 21.2 Å². The molecule has 0 fully saturated rings. The molecule has 6 heteroatoms. The van der Waals surface area contributed by atoms with Crippen LogP contribution in [0.1, 0.15) is 21.3 Å². The second-order valence-corrected chi connectivity index (χ2v) is 8.41. The van der Waals surface area contributed by atoms with Gasteiger partial charge in [-0.1, -0.05) is 42.1 Å². The standard InChI is InChI=1S/C18H17Cl2NOS2/c1-21-18-14(16-12(7-8-23-16)9-13(20)10-19)15(22)17(24-18)11-5-3-2-4-6-11/h2-8,13,17,21H,9-10H2,1H3. The van der Waals surface area contributed by atoms with Crippen LogP contribution in [0.3, 0.4) is 0 Å². The van der Waals surface area contributed by atoms with Crippen LogP contribution in [-0.4, -0.2) is 24.1 Å². The van der Waals surface area contributed by atoms with Gasteiger partial charge < -0.3 is 5.32 Å². The molecular formula is C18H17Cl2NOS2. The van der Waals surface area contributed by atoms with E-state index in [0.29, 0.717) is 12.3 Å². The molecule has 0 aliphatic carbocycles. The largest absolute Gasteiger partial charge is 0.382 e. The predicted molar refractivity (Wildman–Crippen MR) is 106 cm³/mol. The van der Waals surface area contributed by atoms with E-state index in [4.69, 9.17) is 23.2 Å². The average molecular weight is 398 g/mol. The highest BCUT2D eigenvalue weighted by molar-refractivity contribution is 8.04. The van der Waals surface area contributed by atoms with Gasteiger partial charge in [-0.25, -0.2) is 0 Å². The van der Waals surface area contributed by atoms with Crippen molar-refractivity contribution in [3.8, 4) is 0 Å². The lowest BCUT2D eigenvalue weighted by Crippen LogP contribution is -2.10. The van der Waals surface area contributed by atoms with E-state index >= 15 is 0 Å². The van der Waals surface area contributed by atoms with Crippen molar-refractivity contribution in [1.82, 2.24) is 5.32 Å². The number of hydrogen-bond acceptors (Lipinski definition) is 4. The van der Waals surface area contributed by atoms with E-state index in [0.717, 1.165) is 26.6 Å². The van der Waals surface area contributed by atoms with Gasteiger partial charge in [0.1, 0.15) is 0 Å². The zero-order valence-electron chi connectivity index (χ0n) is 13.1. The van der Waals surface area contributed by atoms with Gasteiger partial charge >= 0.3 is 0 Å². The Hall–Kier alpha value is -0.940. The molecule has 0 saturated carbocycles. The fraction of sp³-hybridized carbons (Fsp3) is 0.278. The van der Waals surface area contributed by atoms with Crippen LogP contribution in [0.2, 0.25) is 0 Å². The average Bonchev–Trinajstić information content (AvgIpc) is 3.19. The summed E-state index contributed by atoms with van der Waals surface area (Å²) < 4.78 is 0. The lowest BCUT2D eigenvalue weighted by molar-refractivity contribution is -0.113. The molecule has 0 saturated heterocycles. The highest BCUT2D eigenvalue weighted by Crippen LogP contribution is 2.48. The molecule has 126 valence electrons. The van der Waals surface area contributed by atoms with Gasteiger partial charge in [0.15, 0.2) is 5.78 Å². The number of thiophene rings is 1. The van der Waals surface area contributed by atoms with Gasteiger partial charge in [0, 0.05) is 17.8 Å². The molecule has 1 aromatic heterocycles. The Labute approximate surface area is 160 Å². The van der Waals surface area contributed by atoms with Gasteiger partial charge in [-0.15, -0.1) is 34.5 Å². The van der Waals surface area contributed by atoms with Crippen molar-refractivity contribution in [2.24, 2.45) is 0 Å². The monoisotopic (exact) mass is 397 g/mol. The third kappa shape index (κ3) is 3.52. The van der Waals surface area contributed by atoms with Crippen LogP contribution in [0.4, 0.5) is 0 Å². The zero-order valence-corrected chi connectivity index (χ0v) is 16.2. The Morgan fingerprint density at radius 3 is 2.67 bits per heavy atom. The second kappa shape index (κ2) is 7.96. The van der Waals surface area contributed by atoms with Gasteiger partial charge in [0.25, 0.3) is 0 Å². The first kappa shape index (κ1) is 17.9. The van der Waals surface area contributed by atoms with Crippen LogP contribution >= 0.6 is 46.3 Å². The van der Waals surface area contributed by atoms with E-state index in [1.54, 1.807) is 23.1 Å². The van der Waals surface area contributed by atoms with E-state index in [1.807, 2.05) is 48.8 Å². The van der Waals surface area contributed by atoms with Crippen molar-refractivity contribution in [3.63, 3.8) is 0 Å². The molecule has 2 heterocycles. The van der Waals surface area contributed by atoms with E-state index in [9.17, 15) is 4.79 Å². The topological polar surface area (TPSA) is 29.1 Å². The lowest BCUT2D eigenvalue weighted by atomic mass is 9.99. The highest BCUT2D eigenvalue weighted by atomic mass is 35.5. The normalized spacial score (nSPS) is 19.0. The fourth-order valence-electron chi connectivity index (χ4n) is 2.73. The summed E-state index contributed by atoms with van der Waals surface area (Å²) in [6.07, 6.45) is 0.665. The van der Waals surface area contributed by atoms with Crippen LogP contribution in [0, 0.1) is 0 Å². The van der Waals surface area contributed by atoms with Crippen LogP contribution < -0.4 is 5.32 Å². The van der Waals surface area contributed by atoms with Crippen LogP contribution in [0.15, 0.2) is 46.8 Å². The highest BCUT2D eigenvalue weighted by Gasteiger charge is 2.37. The summed E-state index contributed by atoms with van der Waals surface area (Å²) >= 11 is 15.2. The number of carbonyl (C=O) groups excluding carboxylic acids is 1. The molecule has 1 aromatic carbocycles. The zero-order chi connectivity index (χ0) is 17.1. The van der Waals surface area contributed by atoms with E-state index in [-0.39, 0.29) is 16.4 Å². The number of alkyl halides is 2. The molecule has 0 radical (unpaired) electrons. The molecule has 0 bridgehead atoms. The van der Waals surface area contributed by atoms with Gasteiger partial charge in [0.2, 0.25) is 0 Å². The van der Waals surface area contributed by atoms with Crippen molar-refractivity contribution >= 4 is 57.7 Å². The third-order valence-corrected chi connectivity index (χ3v) is 7.04. The van der Waals surface area contributed by atoms with Gasteiger partial charge in [-0.3, -0.25) is 4.79 Å². The Morgan fingerprint density at radius 1 is 1.25 bits per heavy atom. The number of Topliss-reactive ketones (excluding diaryl/α,β-unsaturated/α-hetero) is 1. The first-order valence-corrected chi connectivity index (χ1v) is 10.3. The van der Waals surface area contributed by atoms with Crippen LogP contribution in [-0.2, 0) is 11.2 Å². The molecule has 0 amide bonds. The minimum atomic E-state index is -0.196. The summed E-state index contributed by atoms with van der Waals surface area (Å²) in [5.41, 5.74) is 2.90. The van der Waals surface area contributed by atoms with Crippen molar-refractivity contribution in [2.75, 3.05) is 12.9 Å². The maximum absolute atomic E-state index is 13.1. The summed E-state index contributed by atoms with van der Waals surface area (Å²) in [7, 11) is 1.86. The van der Waals surface area contributed by atoms with E-state index in [1.165, 1.54) is 0 Å².